The molecule has 1 aliphatic heterocycles. The van der Waals surface area contributed by atoms with E-state index in [1.54, 1.807) is 0 Å². The molecule has 1 aliphatic rings. The van der Waals surface area contributed by atoms with Crippen LogP contribution < -0.4 is 10.2 Å². The van der Waals surface area contributed by atoms with Crippen LogP contribution in [0.4, 0.5) is 5.69 Å². The molecule has 2 amide bonds. The molecule has 1 unspecified atom stereocenters. The predicted octanol–water partition coefficient (Wildman–Crippen LogP) is 1.89. The fourth-order valence-corrected chi connectivity index (χ4v) is 2.70. The van der Waals surface area contributed by atoms with Crippen molar-refractivity contribution in [3.8, 4) is 0 Å². The topological polar surface area (TPSA) is 52.7 Å². The van der Waals surface area contributed by atoms with Crippen LogP contribution in [-0.4, -0.2) is 49.4 Å². The SMILES string of the molecule is CCC(C)C(=O)NCC(=O)N1CCCN(c2ccccc2)CC1. The third-order valence-corrected chi connectivity index (χ3v) is 4.44. The monoisotopic (exact) mass is 317 g/mol. The number of benzene rings is 1. The average molecular weight is 317 g/mol. The van der Waals surface area contributed by atoms with Gasteiger partial charge in [0.2, 0.25) is 11.8 Å². The molecule has 1 N–H and O–H groups in total. The summed E-state index contributed by atoms with van der Waals surface area (Å²) in [4.78, 5) is 28.2. The van der Waals surface area contributed by atoms with E-state index < -0.39 is 0 Å². The first-order valence-corrected chi connectivity index (χ1v) is 8.47. The summed E-state index contributed by atoms with van der Waals surface area (Å²) in [5.41, 5.74) is 1.20. The number of nitrogens with one attached hydrogen (secondary N) is 1. The summed E-state index contributed by atoms with van der Waals surface area (Å²) in [6, 6.07) is 10.3. The second-order valence-electron chi connectivity index (χ2n) is 6.08. The Labute approximate surface area is 138 Å². The van der Waals surface area contributed by atoms with Gasteiger partial charge < -0.3 is 15.1 Å². The average Bonchev–Trinajstić information content (AvgIpc) is 2.85. The van der Waals surface area contributed by atoms with Gasteiger partial charge in [0, 0.05) is 37.8 Å². The third-order valence-electron chi connectivity index (χ3n) is 4.44. The Hall–Kier alpha value is -2.04. The number of anilines is 1. The van der Waals surface area contributed by atoms with Crippen LogP contribution in [0.2, 0.25) is 0 Å². The first kappa shape index (κ1) is 17.3. The molecule has 0 radical (unpaired) electrons. The summed E-state index contributed by atoms with van der Waals surface area (Å²) in [5.74, 6) is -0.0707. The van der Waals surface area contributed by atoms with Crippen LogP contribution in [0.15, 0.2) is 30.3 Å². The Morgan fingerprint density at radius 1 is 1.13 bits per heavy atom. The number of rotatable bonds is 5. The molecule has 0 saturated carbocycles. The lowest BCUT2D eigenvalue weighted by atomic mass is 10.1. The minimum absolute atomic E-state index is 0.0107. The summed E-state index contributed by atoms with van der Waals surface area (Å²) >= 11 is 0. The lowest BCUT2D eigenvalue weighted by molar-refractivity contribution is -0.133. The second-order valence-corrected chi connectivity index (χ2v) is 6.08. The molecule has 2 rings (SSSR count). The molecule has 1 aromatic rings. The number of carbonyl (C=O) groups excluding carboxylic acids is 2. The van der Waals surface area contributed by atoms with Crippen molar-refractivity contribution >= 4 is 17.5 Å². The molecule has 0 spiro atoms. The molecule has 1 heterocycles. The summed E-state index contributed by atoms with van der Waals surface area (Å²) in [6.07, 6.45) is 1.73. The maximum Gasteiger partial charge on any atom is 0.242 e. The molecule has 0 aromatic heterocycles. The van der Waals surface area contributed by atoms with Gasteiger partial charge in [0.25, 0.3) is 0 Å². The number of para-hydroxylation sites is 1. The van der Waals surface area contributed by atoms with E-state index in [4.69, 9.17) is 0 Å². The van der Waals surface area contributed by atoms with E-state index in [0.717, 1.165) is 32.5 Å². The highest BCUT2D eigenvalue weighted by atomic mass is 16.2. The fourth-order valence-electron chi connectivity index (χ4n) is 2.70. The van der Waals surface area contributed by atoms with Gasteiger partial charge in [-0.1, -0.05) is 32.0 Å². The molecule has 126 valence electrons. The van der Waals surface area contributed by atoms with E-state index in [9.17, 15) is 9.59 Å². The van der Waals surface area contributed by atoms with Crippen LogP contribution in [0.25, 0.3) is 0 Å². The van der Waals surface area contributed by atoms with Gasteiger partial charge in [-0.15, -0.1) is 0 Å². The Kier molecular flexibility index (Phi) is 6.44. The highest BCUT2D eigenvalue weighted by molar-refractivity contribution is 5.85. The Morgan fingerprint density at radius 3 is 2.57 bits per heavy atom. The number of hydrogen-bond donors (Lipinski definition) is 1. The van der Waals surface area contributed by atoms with Gasteiger partial charge in [0.05, 0.1) is 6.54 Å². The Bertz CT molecular complexity index is 518. The fraction of sp³-hybridized carbons (Fsp3) is 0.556. The number of hydrogen-bond acceptors (Lipinski definition) is 3. The van der Waals surface area contributed by atoms with Crippen molar-refractivity contribution < 1.29 is 9.59 Å². The second kappa shape index (κ2) is 8.56. The van der Waals surface area contributed by atoms with Gasteiger partial charge in [0.1, 0.15) is 0 Å². The Morgan fingerprint density at radius 2 is 1.87 bits per heavy atom. The van der Waals surface area contributed by atoms with Gasteiger partial charge in [0.15, 0.2) is 0 Å². The van der Waals surface area contributed by atoms with Crippen LogP contribution in [0.5, 0.6) is 0 Å². The molecule has 1 fully saturated rings. The van der Waals surface area contributed by atoms with E-state index in [1.807, 2.05) is 36.9 Å². The van der Waals surface area contributed by atoms with Gasteiger partial charge >= 0.3 is 0 Å². The van der Waals surface area contributed by atoms with E-state index in [1.165, 1.54) is 5.69 Å². The Balaban J connectivity index is 1.83. The van der Waals surface area contributed by atoms with Crippen molar-refractivity contribution in [3.63, 3.8) is 0 Å². The van der Waals surface area contributed by atoms with Crippen LogP contribution >= 0.6 is 0 Å². The zero-order valence-corrected chi connectivity index (χ0v) is 14.1. The summed E-state index contributed by atoms with van der Waals surface area (Å²) in [7, 11) is 0. The van der Waals surface area contributed by atoms with Gasteiger partial charge in [-0.05, 0) is 25.0 Å². The predicted molar refractivity (Wildman–Crippen MR) is 92.3 cm³/mol. The van der Waals surface area contributed by atoms with Crippen molar-refractivity contribution in [3.05, 3.63) is 30.3 Å². The van der Waals surface area contributed by atoms with E-state index in [-0.39, 0.29) is 24.3 Å². The van der Waals surface area contributed by atoms with Crippen molar-refractivity contribution in [1.29, 1.82) is 0 Å². The van der Waals surface area contributed by atoms with Crippen LogP contribution in [-0.2, 0) is 9.59 Å². The molecule has 5 nitrogen and oxygen atoms in total. The smallest absolute Gasteiger partial charge is 0.242 e. The highest BCUT2D eigenvalue weighted by Crippen LogP contribution is 2.15. The van der Waals surface area contributed by atoms with Crippen molar-refractivity contribution in [1.82, 2.24) is 10.2 Å². The van der Waals surface area contributed by atoms with Crippen molar-refractivity contribution in [2.45, 2.75) is 26.7 Å². The maximum atomic E-state index is 12.3. The molecular weight excluding hydrogens is 290 g/mol. The molecule has 1 aromatic carbocycles. The van der Waals surface area contributed by atoms with Crippen molar-refractivity contribution in [2.75, 3.05) is 37.6 Å². The van der Waals surface area contributed by atoms with E-state index >= 15 is 0 Å². The molecule has 0 aliphatic carbocycles. The van der Waals surface area contributed by atoms with Gasteiger partial charge in [-0.3, -0.25) is 9.59 Å². The molecule has 1 saturated heterocycles. The van der Waals surface area contributed by atoms with Crippen LogP contribution in [0.3, 0.4) is 0 Å². The van der Waals surface area contributed by atoms with Gasteiger partial charge in [-0.2, -0.15) is 0 Å². The summed E-state index contributed by atoms with van der Waals surface area (Å²) in [5, 5.41) is 2.75. The molecular formula is C18H27N3O2. The van der Waals surface area contributed by atoms with E-state index in [0.29, 0.717) is 6.54 Å². The van der Waals surface area contributed by atoms with E-state index in [2.05, 4.69) is 22.3 Å². The molecule has 0 bridgehead atoms. The zero-order chi connectivity index (χ0) is 16.7. The highest BCUT2D eigenvalue weighted by Gasteiger charge is 2.20. The molecule has 1 atom stereocenters. The number of carbonyl (C=O) groups is 2. The quantitative estimate of drug-likeness (QED) is 0.902. The third kappa shape index (κ3) is 4.98. The minimum Gasteiger partial charge on any atom is -0.370 e. The number of nitrogens with zero attached hydrogens (tertiary/aromatic N) is 2. The normalized spacial score (nSPS) is 16.6. The zero-order valence-electron chi connectivity index (χ0n) is 14.1. The maximum absolute atomic E-state index is 12.3. The standard InChI is InChI=1S/C18H27N3O2/c1-3-15(2)18(23)19-14-17(22)21-11-7-10-20(12-13-21)16-8-5-4-6-9-16/h4-6,8-9,15H,3,7,10-14H2,1-2H3,(H,19,23). The largest absolute Gasteiger partial charge is 0.370 e. The summed E-state index contributed by atoms with van der Waals surface area (Å²) in [6.45, 7) is 7.19. The number of amides is 2. The van der Waals surface area contributed by atoms with Crippen molar-refractivity contribution in [2.24, 2.45) is 5.92 Å². The van der Waals surface area contributed by atoms with Crippen LogP contribution in [0.1, 0.15) is 26.7 Å². The lowest BCUT2D eigenvalue weighted by Gasteiger charge is -2.24. The van der Waals surface area contributed by atoms with Crippen LogP contribution in [0, 0.1) is 5.92 Å². The lowest BCUT2D eigenvalue weighted by Crippen LogP contribution is -2.43. The first-order valence-electron chi connectivity index (χ1n) is 8.47. The molecule has 5 heteroatoms. The summed E-state index contributed by atoms with van der Waals surface area (Å²) < 4.78 is 0. The minimum atomic E-state index is -0.0412. The van der Waals surface area contributed by atoms with Gasteiger partial charge in [-0.25, -0.2) is 0 Å². The molecule has 23 heavy (non-hydrogen) atoms. The first-order chi connectivity index (χ1) is 11.1.